The molecule has 10 heteroatoms. The molecule has 0 aromatic heterocycles. The Morgan fingerprint density at radius 1 is 1.20 bits per heavy atom. The number of nitrogens with two attached hydrogens (primary N) is 1. The van der Waals surface area contributed by atoms with E-state index >= 15 is 0 Å². The molecule has 0 atom stereocenters. The van der Waals surface area contributed by atoms with Gasteiger partial charge in [0.15, 0.2) is 0 Å². The van der Waals surface area contributed by atoms with Crippen LogP contribution in [-0.4, -0.2) is 21.1 Å². The molecule has 0 fully saturated rings. The maximum atomic E-state index is 11.9. The minimum atomic E-state index is -4.33. The summed E-state index contributed by atoms with van der Waals surface area (Å²) in [6, 6.07) is 2.38. The molecule has 0 saturated heterocycles. The van der Waals surface area contributed by atoms with E-state index < -0.39 is 27.5 Å². The number of anilines is 1. The molecule has 1 aromatic carbocycles. The van der Waals surface area contributed by atoms with Crippen LogP contribution in [0, 0.1) is 0 Å². The molecule has 114 valence electrons. The van der Waals surface area contributed by atoms with Crippen LogP contribution in [-0.2, 0) is 10.0 Å². The lowest BCUT2D eigenvalue weighted by atomic mass is 10.3. The lowest BCUT2D eigenvalue weighted by Crippen LogP contribution is -2.26. The van der Waals surface area contributed by atoms with Gasteiger partial charge in [0.25, 0.3) is 0 Å². The number of alkyl halides is 3. The fourth-order valence-electron chi connectivity index (χ4n) is 1.40. The highest BCUT2D eigenvalue weighted by Crippen LogP contribution is 2.31. The fraction of sp³-hybridized carbons (Fsp3) is 0.400. The number of nitrogens with one attached hydrogen (secondary N) is 1. The largest absolute Gasteiger partial charge is 0.399 e. The van der Waals surface area contributed by atoms with Crippen LogP contribution >= 0.6 is 23.2 Å². The Hall–Kier alpha value is -0.700. The van der Waals surface area contributed by atoms with Crippen LogP contribution < -0.4 is 10.5 Å². The molecular weight excluding hydrogens is 340 g/mol. The summed E-state index contributed by atoms with van der Waals surface area (Å²) in [7, 11) is -4.09. The Labute approximate surface area is 124 Å². The minimum absolute atomic E-state index is 0.177. The van der Waals surface area contributed by atoms with E-state index in [4.69, 9.17) is 28.9 Å². The molecule has 0 bridgehead atoms. The molecule has 0 radical (unpaired) electrons. The Morgan fingerprint density at radius 3 is 2.15 bits per heavy atom. The van der Waals surface area contributed by atoms with Crippen molar-refractivity contribution in [1.29, 1.82) is 0 Å². The molecule has 0 aliphatic heterocycles. The number of sulfonamides is 1. The highest BCUT2D eigenvalue weighted by Gasteiger charge is 2.27. The smallest absolute Gasteiger partial charge is 0.389 e. The van der Waals surface area contributed by atoms with Crippen molar-refractivity contribution < 1.29 is 21.6 Å². The summed E-state index contributed by atoms with van der Waals surface area (Å²) in [5.74, 6) is 0. The lowest BCUT2D eigenvalue weighted by molar-refractivity contribution is -0.135. The first-order valence-corrected chi connectivity index (χ1v) is 7.58. The highest BCUT2D eigenvalue weighted by molar-refractivity contribution is 7.89. The van der Waals surface area contributed by atoms with E-state index in [1.807, 2.05) is 4.72 Å². The van der Waals surface area contributed by atoms with Gasteiger partial charge in [-0.25, -0.2) is 13.1 Å². The zero-order valence-electron chi connectivity index (χ0n) is 9.97. The van der Waals surface area contributed by atoms with Crippen molar-refractivity contribution in [1.82, 2.24) is 4.72 Å². The van der Waals surface area contributed by atoms with E-state index in [1.165, 1.54) is 12.1 Å². The highest BCUT2D eigenvalue weighted by atomic mass is 35.5. The number of hydrogen-bond donors (Lipinski definition) is 2. The van der Waals surface area contributed by atoms with Gasteiger partial charge in [-0.05, 0) is 18.6 Å². The Morgan fingerprint density at radius 2 is 1.70 bits per heavy atom. The van der Waals surface area contributed by atoms with E-state index in [-0.39, 0.29) is 28.7 Å². The van der Waals surface area contributed by atoms with Gasteiger partial charge in [0, 0.05) is 18.7 Å². The molecule has 0 aliphatic rings. The maximum Gasteiger partial charge on any atom is 0.389 e. The third-order valence-electron chi connectivity index (χ3n) is 2.22. The van der Waals surface area contributed by atoms with Crippen molar-refractivity contribution in [2.45, 2.75) is 23.9 Å². The van der Waals surface area contributed by atoms with Crippen LogP contribution in [0.1, 0.15) is 12.8 Å². The van der Waals surface area contributed by atoms with Crippen LogP contribution in [0.4, 0.5) is 18.9 Å². The van der Waals surface area contributed by atoms with Gasteiger partial charge in [0.05, 0.1) is 10.0 Å². The summed E-state index contributed by atoms with van der Waals surface area (Å²) in [6.45, 7) is -0.376. The van der Waals surface area contributed by atoms with Crippen LogP contribution in [0.2, 0.25) is 10.0 Å². The van der Waals surface area contributed by atoms with Gasteiger partial charge >= 0.3 is 6.18 Å². The van der Waals surface area contributed by atoms with Crippen molar-refractivity contribution in [2.24, 2.45) is 0 Å². The van der Waals surface area contributed by atoms with Gasteiger partial charge in [-0.15, -0.1) is 0 Å². The predicted molar refractivity (Wildman–Crippen MR) is 71.4 cm³/mol. The number of nitrogen functional groups attached to an aromatic ring is 1. The quantitative estimate of drug-likeness (QED) is 0.632. The van der Waals surface area contributed by atoms with Gasteiger partial charge in [-0.1, -0.05) is 23.2 Å². The molecule has 20 heavy (non-hydrogen) atoms. The van der Waals surface area contributed by atoms with Crippen molar-refractivity contribution in [3.63, 3.8) is 0 Å². The first-order chi connectivity index (χ1) is 9.03. The second kappa shape index (κ2) is 6.38. The first kappa shape index (κ1) is 17.4. The van der Waals surface area contributed by atoms with Crippen molar-refractivity contribution >= 4 is 38.9 Å². The number of halogens is 5. The van der Waals surface area contributed by atoms with Crippen molar-refractivity contribution in [3.05, 3.63) is 22.2 Å². The summed E-state index contributed by atoms with van der Waals surface area (Å²) >= 11 is 11.5. The van der Waals surface area contributed by atoms with Crippen molar-refractivity contribution in [3.8, 4) is 0 Å². The van der Waals surface area contributed by atoms with Crippen LogP contribution in [0.25, 0.3) is 0 Å². The third kappa shape index (κ3) is 5.01. The van der Waals surface area contributed by atoms with Crippen LogP contribution in [0.15, 0.2) is 17.0 Å². The first-order valence-electron chi connectivity index (χ1n) is 5.34. The average molecular weight is 351 g/mol. The zero-order chi connectivity index (χ0) is 15.6. The minimum Gasteiger partial charge on any atom is -0.399 e. The molecular formula is C10H11Cl2F3N2O2S. The van der Waals surface area contributed by atoms with Gasteiger partial charge in [-0.2, -0.15) is 13.2 Å². The monoisotopic (exact) mass is 350 g/mol. The zero-order valence-corrected chi connectivity index (χ0v) is 12.3. The molecule has 0 heterocycles. The van der Waals surface area contributed by atoms with E-state index in [1.54, 1.807) is 0 Å². The lowest BCUT2D eigenvalue weighted by Gasteiger charge is -2.11. The summed E-state index contributed by atoms with van der Waals surface area (Å²) < 4.78 is 61.6. The summed E-state index contributed by atoms with van der Waals surface area (Å²) in [5.41, 5.74) is 5.61. The molecule has 4 nitrogen and oxygen atoms in total. The number of rotatable bonds is 5. The summed E-state index contributed by atoms with van der Waals surface area (Å²) in [4.78, 5) is -0.401. The molecule has 1 aromatic rings. The van der Waals surface area contributed by atoms with Crippen LogP contribution in [0.5, 0.6) is 0 Å². The maximum absolute atomic E-state index is 11.9. The molecule has 0 spiro atoms. The second-order valence-corrected chi connectivity index (χ2v) is 6.45. The molecule has 0 saturated carbocycles. The molecule has 3 N–H and O–H groups in total. The number of hydrogen-bond acceptors (Lipinski definition) is 3. The Kier molecular flexibility index (Phi) is 5.54. The average Bonchev–Trinajstić information content (AvgIpc) is 2.21. The van der Waals surface area contributed by atoms with Crippen molar-refractivity contribution in [2.75, 3.05) is 12.3 Å². The molecule has 0 unspecified atom stereocenters. The summed E-state index contributed by atoms with van der Waals surface area (Å²) in [6.07, 6.45) is -5.80. The van der Waals surface area contributed by atoms with Crippen LogP contribution in [0.3, 0.4) is 0 Å². The molecule has 0 aliphatic carbocycles. The Balaban J connectivity index is 2.80. The van der Waals surface area contributed by atoms with E-state index in [9.17, 15) is 21.6 Å². The van der Waals surface area contributed by atoms with Gasteiger partial charge < -0.3 is 5.73 Å². The van der Waals surface area contributed by atoms with Gasteiger partial charge in [0.2, 0.25) is 10.0 Å². The van der Waals surface area contributed by atoms with E-state index in [0.717, 1.165) is 0 Å². The SMILES string of the molecule is Nc1cc(Cl)c(S(=O)(=O)NCCCC(F)(F)F)c(Cl)c1. The normalized spacial score (nSPS) is 12.7. The summed E-state index contributed by atoms with van der Waals surface area (Å²) in [5, 5.41) is -0.392. The standard InChI is InChI=1S/C10H11Cl2F3N2O2S/c11-7-4-6(16)5-8(12)9(7)20(18,19)17-3-1-2-10(13,14)15/h4-5,17H,1-3,16H2. The molecule has 0 amide bonds. The fourth-order valence-corrected chi connectivity index (χ4v) is 3.71. The van der Waals surface area contributed by atoms with Gasteiger partial charge in [-0.3, -0.25) is 0 Å². The second-order valence-electron chi connectivity index (χ2n) is 3.93. The van der Waals surface area contributed by atoms with E-state index in [2.05, 4.69) is 0 Å². The third-order valence-corrected chi connectivity index (χ3v) is 4.60. The Bertz CT molecular complexity index is 568. The van der Waals surface area contributed by atoms with E-state index in [0.29, 0.717) is 0 Å². The topological polar surface area (TPSA) is 72.2 Å². The predicted octanol–water partition coefficient (Wildman–Crippen LogP) is 3.20. The van der Waals surface area contributed by atoms with Gasteiger partial charge in [0.1, 0.15) is 4.90 Å². The molecule has 1 rings (SSSR count). The number of benzene rings is 1.